The van der Waals surface area contributed by atoms with Gasteiger partial charge in [-0.2, -0.15) is 0 Å². The topological polar surface area (TPSA) is 3.24 Å². The second-order valence-electron chi connectivity index (χ2n) is 9.02. The van der Waals surface area contributed by atoms with E-state index in [0.717, 1.165) is 0 Å². The van der Waals surface area contributed by atoms with Crippen LogP contribution in [0.5, 0.6) is 0 Å². The Bertz CT molecular complexity index is 264. The number of rotatable bonds is 16. The van der Waals surface area contributed by atoms with E-state index < -0.39 is 0 Å². The third-order valence-electron chi connectivity index (χ3n) is 6.18. The third-order valence-corrected chi connectivity index (χ3v) is 6.18. The van der Waals surface area contributed by atoms with E-state index >= 15 is 0 Å². The molecule has 0 bridgehead atoms. The molecule has 0 aromatic carbocycles. The number of nitrogens with zero attached hydrogens (tertiary/aromatic N) is 1. The van der Waals surface area contributed by atoms with Crippen LogP contribution in [0.15, 0.2) is 0 Å². The van der Waals surface area contributed by atoms with Crippen molar-refractivity contribution in [3.8, 4) is 0 Å². The summed E-state index contributed by atoms with van der Waals surface area (Å²) in [5.74, 6) is 0. The molecule has 0 radical (unpaired) electrons. The van der Waals surface area contributed by atoms with E-state index in [2.05, 4.69) is 53.4 Å². The van der Waals surface area contributed by atoms with Gasteiger partial charge in [-0.15, -0.1) is 0 Å². The molecule has 0 aliphatic heterocycles. The lowest BCUT2D eigenvalue weighted by Crippen LogP contribution is -2.55. The number of hydrogen-bond donors (Lipinski definition) is 0. The van der Waals surface area contributed by atoms with Crippen LogP contribution in [0.4, 0.5) is 0 Å². The molecule has 0 aromatic heterocycles. The van der Waals surface area contributed by atoms with E-state index in [0.29, 0.717) is 11.1 Å². The summed E-state index contributed by atoms with van der Waals surface area (Å²) < 4.78 is 0. The summed E-state index contributed by atoms with van der Waals surface area (Å²) in [6.45, 7) is 17.9. The van der Waals surface area contributed by atoms with Gasteiger partial charge in [-0.05, 0) is 53.5 Å². The van der Waals surface area contributed by atoms with Gasteiger partial charge < -0.3 is 0 Å². The predicted octanol–water partition coefficient (Wildman–Crippen LogP) is 7.98. The van der Waals surface area contributed by atoms with Crippen LogP contribution >= 0.6 is 0 Å². The quantitative estimate of drug-likeness (QED) is 0.258. The maximum atomic E-state index is 2.77. The second-order valence-corrected chi connectivity index (χ2v) is 9.02. The summed E-state index contributed by atoms with van der Waals surface area (Å²) in [7, 11) is 0. The Labute approximate surface area is 155 Å². The van der Waals surface area contributed by atoms with E-state index in [1.165, 1.54) is 90.0 Å². The molecule has 0 unspecified atom stereocenters. The van der Waals surface area contributed by atoms with Crippen molar-refractivity contribution in [2.45, 2.75) is 143 Å². The van der Waals surface area contributed by atoms with E-state index in [4.69, 9.17) is 0 Å². The molecule has 1 heteroatoms. The fraction of sp³-hybridized carbons (Fsp3) is 1.00. The van der Waals surface area contributed by atoms with Crippen LogP contribution in [0, 0.1) is 0 Å². The van der Waals surface area contributed by atoms with Crippen molar-refractivity contribution in [1.29, 1.82) is 0 Å². The van der Waals surface area contributed by atoms with Crippen molar-refractivity contribution in [3.05, 3.63) is 0 Å². The Morgan fingerprint density at radius 3 is 1.17 bits per heavy atom. The highest BCUT2D eigenvalue weighted by molar-refractivity contribution is 4.90. The van der Waals surface area contributed by atoms with Crippen molar-refractivity contribution in [2.24, 2.45) is 0 Å². The van der Waals surface area contributed by atoms with Crippen molar-refractivity contribution in [2.75, 3.05) is 6.54 Å². The van der Waals surface area contributed by atoms with Crippen LogP contribution in [0.25, 0.3) is 0 Å². The minimum Gasteiger partial charge on any atom is -0.293 e. The zero-order chi connectivity index (χ0) is 18.5. The van der Waals surface area contributed by atoms with Crippen LogP contribution in [0.1, 0.15) is 132 Å². The van der Waals surface area contributed by atoms with Gasteiger partial charge >= 0.3 is 0 Å². The Kier molecular flexibility index (Phi) is 13.2. The Morgan fingerprint density at radius 1 is 0.500 bits per heavy atom. The van der Waals surface area contributed by atoms with Gasteiger partial charge in [0.1, 0.15) is 0 Å². The minimum atomic E-state index is 0.317. The minimum absolute atomic E-state index is 0.317. The van der Waals surface area contributed by atoms with Gasteiger partial charge in [-0.25, -0.2) is 0 Å². The third kappa shape index (κ3) is 10.1. The van der Waals surface area contributed by atoms with E-state index in [-0.39, 0.29) is 0 Å². The van der Waals surface area contributed by atoms with E-state index in [9.17, 15) is 0 Å². The van der Waals surface area contributed by atoms with Crippen molar-refractivity contribution in [3.63, 3.8) is 0 Å². The van der Waals surface area contributed by atoms with Crippen LogP contribution in [0.2, 0.25) is 0 Å². The van der Waals surface area contributed by atoms with Gasteiger partial charge in [0.05, 0.1) is 0 Å². The zero-order valence-corrected chi connectivity index (χ0v) is 18.3. The van der Waals surface area contributed by atoms with Gasteiger partial charge in [0.15, 0.2) is 0 Å². The summed E-state index contributed by atoms with van der Waals surface area (Å²) in [6, 6.07) is 0. The van der Waals surface area contributed by atoms with Crippen molar-refractivity contribution in [1.82, 2.24) is 4.90 Å². The molecule has 0 saturated carbocycles. The normalized spacial score (nSPS) is 13.0. The molecule has 24 heavy (non-hydrogen) atoms. The van der Waals surface area contributed by atoms with Crippen molar-refractivity contribution < 1.29 is 0 Å². The molecular weight excluding hydrogens is 290 g/mol. The lowest BCUT2D eigenvalue weighted by Gasteiger charge is -2.48. The lowest BCUT2D eigenvalue weighted by molar-refractivity contribution is 0.00963. The maximum Gasteiger partial charge on any atom is 0.0155 e. The summed E-state index contributed by atoms with van der Waals surface area (Å²) in [5, 5.41) is 0. The molecule has 0 rings (SSSR count). The van der Waals surface area contributed by atoms with E-state index in [1.807, 2.05) is 0 Å². The second kappa shape index (κ2) is 13.2. The molecule has 0 N–H and O–H groups in total. The predicted molar refractivity (Wildman–Crippen MR) is 112 cm³/mol. The summed E-state index contributed by atoms with van der Waals surface area (Å²) in [4.78, 5) is 2.77. The lowest BCUT2D eigenvalue weighted by atomic mass is 9.88. The molecule has 0 amide bonds. The Morgan fingerprint density at radius 2 is 0.833 bits per heavy atom. The molecule has 0 aliphatic carbocycles. The molecule has 0 fully saturated rings. The summed E-state index contributed by atoms with van der Waals surface area (Å²) >= 11 is 0. The van der Waals surface area contributed by atoms with Crippen LogP contribution in [-0.4, -0.2) is 22.5 Å². The highest BCUT2D eigenvalue weighted by Crippen LogP contribution is 2.30. The first-order valence-corrected chi connectivity index (χ1v) is 11.1. The smallest absolute Gasteiger partial charge is 0.0155 e. The van der Waals surface area contributed by atoms with Crippen LogP contribution < -0.4 is 0 Å². The number of hydrogen-bond acceptors (Lipinski definition) is 1. The molecule has 0 saturated heterocycles. The first kappa shape index (κ1) is 24.0. The Balaban J connectivity index is 3.86. The molecule has 0 aromatic rings. The van der Waals surface area contributed by atoms with Crippen LogP contribution in [0.3, 0.4) is 0 Å². The molecule has 146 valence electrons. The molecule has 0 atom stereocenters. The fourth-order valence-electron chi connectivity index (χ4n) is 3.74. The maximum absolute atomic E-state index is 2.77. The first-order valence-electron chi connectivity index (χ1n) is 11.1. The van der Waals surface area contributed by atoms with Crippen LogP contribution in [-0.2, 0) is 0 Å². The summed E-state index contributed by atoms with van der Waals surface area (Å²) in [5.41, 5.74) is 0.635. The zero-order valence-electron chi connectivity index (χ0n) is 18.3. The first-order chi connectivity index (χ1) is 11.3. The molecular formula is C23H49N. The standard InChI is InChI=1S/C23H49N/c1-8-11-12-13-14-15-16-17-18-19-20-21-24(22(4,5)9-2)23(6,7)10-3/h8-21H2,1-7H3. The Hall–Kier alpha value is -0.0400. The van der Waals surface area contributed by atoms with E-state index in [1.54, 1.807) is 0 Å². The number of unbranched alkanes of at least 4 members (excludes halogenated alkanes) is 10. The highest BCUT2D eigenvalue weighted by Gasteiger charge is 2.34. The SMILES string of the molecule is CCCCCCCCCCCCCN(C(C)(C)CC)C(C)(C)CC. The molecule has 0 aliphatic rings. The fourth-order valence-corrected chi connectivity index (χ4v) is 3.74. The average Bonchev–Trinajstić information content (AvgIpc) is 2.55. The highest BCUT2D eigenvalue weighted by atomic mass is 15.2. The van der Waals surface area contributed by atoms with Gasteiger partial charge in [-0.3, -0.25) is 4.90 Å². The molecule has 0 spiro atoms. The average molecular weight is 340 g/mol. The van der Waals surface area contributed by atoms with Gasteiger partial charge in [-0.1, -0.05) is 85.0 Å². The largest absolute Gasteiger partial charge is 0.293 e. The van der Waals surface area contributed by atoms with Crippen molar-refractivity contribution >= 4 is 0 Å². The monoisotopic (exact) mass is 339 g/mol. The van der Waals surface area contributed by atoms with Gasteiger partial charge in [0.2, 0.25) is 0 Å². The molecule has 0 heterocycles. The van der Waals surface area contributed by atoms with Gasteiger partial charge in [0.25, 0.3) is 0 Å². The summed E-state index contributed by atoms with van der Waals surface area (Å²) in [6.07, 6.45) is 18.2. The van der Waals surface area contributed by atoms with Gasteiger partial charge in [0, 0.05) is 11.1 Å². The molecule has 1 nitrogen and oxygen atoms in total.